The van der Waals surface area contributed by atoms with Crippen molar-refractivity contribution in [1.82, 2.24) is 5.32 Å². The van der Waals surface area contributed by atoms with Crippen LogP contribution >= 0.6 is 0 Å². The highest BCUT2D eigenvalue weighted by Crippen LogP contribution is 2.18. The standard InChI is InChI=1S/C23H21N3O5/c1-16(17-6-3-2-4-7-17)24-23(28)18-8-5-9-19(14-18)25-22(27)15-31-21-12-10-20(11-13-21)26(29)30/h2-14,16H,15H2,1H3,(H,24,28)(H,25,27). The number of non-ortho nitro benzene ring substituents is 1. The van der Waals surface area contributed by atoms with Gasteiger partial charge < -0.3 is 15.4 Å². The van der Waals surface area contributed by atoms with Gasteiger partial charge in [0.15, 0.2) is 6.61 Å². The van der Waals surface area contributed by atoms with Gasteiger partial charge in [-0.3, -0.25) is 19.7 Å². The van der Waals surface area contributed by atoms with E-state index in [0.717, 1.165) is 5.56 Å². The molecule has 0 heterocycles. The number of ether oxygens (including phenoxy) is 1. The van der Waals surface area contributed by atoms with E-state index in [0.29, 0.717) is 17.0 Å². The number of nitrogens with one attached hydrogen (secondary N) is 2. The van der Waals surface area contributed by atoms with Crippen LogP contribution in [0.25, 0.3) is 0 Å². The van der Waals surface area contributed by atoms with Crippen molar-refractivity contribution in [3.05, 3.63) is 100 Å². The van der Waals surface area contributed by atoms with Crippen molar-refractivity contribution in [1.29, 1.82) is 0 Å². The van der Waals surface area contributed by atoms with Crippen molar-refractivity contribution in [3.8, 4) is 5.75 Å². The van der Waals surface area contributed by atoms with Gasteiger partial charge in [-0.1, -0.05) is 36.4 Å². The molecule has 2 amide bonds. The van der Waals surface area contributed by atoms with Crippen molar-refractivity contribution in [2.45, 2.75) is 13.0 Å². The molecule has 1 atom stereocenters. The summed E-state index contributed by atoms with van der Waals surface area (Å²) >= 11 is 0. The highest BCUT2D eigenvalue weighted by Gasteiger charge is 2.13. The largest absolute Gasteiger partial charge is 0.484 e. The maximum absolute atomic E-state index is 12.6. The first-order chi connectivity index (χ1) is 14.9. The van der Waals surface area contributed by atoms with Crippen molar-refractivity contribution in [2.75, 3.05) is 11.9 Å². The number of nitro benzene ring substituents is 1. The average molecular weight is 419 g/mol. The van der Waals surface area contributed by atoms with Crippen LogP contribution in [0, 0.1) is 10.1 Å². The second-order valence-electron chi connectivity index (χ2n) is 6.77. The SMILES string of the molecule is CC(NC(=O)c1cccc(NC(=O)COc2ccc([N+](=O)[O-])cc2)c1)c1ccccc1. The molecule has 8 heteroatoms. The Kier molecular flexibility index (Phi) is 6.95. The Hall–Kier alpha value is -4.20. The van der Waals surface area contributed by atoms with E-state index in [2.05, 4.69) is 10.6 Å². The van der Waals surface area contributed by atoms with Gasteiger partial charge in [0, 0.05) is 23.4 Å². The third kappa shape index (κ3) is 6.14. The molecule has 0 aliphatic rings. The van der Waals surface area contributed by atoms with Crippen LogP contribution in [0.2, 0.25) is 0 Å². The highest BCUT2D eigenvalue weighted by molar-refractivity contribution is 5.97. The zero-order valence-electron chi connectivity index (χ0n) is 16.8. The number of nitro groups is 1. The summed E-state index contributed by atoms with van der Waals surface area (Å²) in [5.41, 5.74) is 1.80. The third-order valence-corrected chi connectivity index (χ3v) is 4.47. The Labute approximate surface area is 179 Å². The van der Waals surface area contributed by atoms with Crippen molar-refractivity contribution in [3.63, 3.8) is 0 Å². The molecule has 0 aliphatic carbocycles. The summed E-state index contributed by atoms with van der Waals surface area (Å²) in [6, 6.07) is 21.5. The van der Waals surface area contributed by atoms with Crippen LogP contribution in [0.15, 0.2) is 78.9 Å². The van der Waals surface area contributed by atoms with E-state index in [1.807, 2.05) is 37.3 Å². The van der Waals surface area contributed by atoms with Crippen molar-refractivity contribution in [2.24, 2.45) is 0 Å². The quantitative estimate of drug-likeness (QED) is 0.422. The summed E-state index contributed by atoms with van der Waals surface area (Å²) in [7, 11) is 0. The topological polar surface area (TPSA) is 111 Å². The smallest absolute Gasteiger partial charge is 0.269 e. The fourth-order valence-electron chi connectivity index (χ4n) is 2.85. The Bertz CT molecular complexity index is 1070. The number of rotatable bonds is 8. The number of amides is 2. The lowest BCUT2D eigenvalue weighted by molar-refractivity contribution is -0.384. The minimum atomic E-state index is -0.514. The number of benzene rings is 3. The fourth-order valence-corrected chi connectivity index (χ4v) is 2.85. The maximum atomic E-state index is 12.6. The molecule has 3 aromatic rings. The van der Waals surface area contributed by atoms with Crippen molar-refractivity contribution < 1.29 is 19.2 Å². The monoisotopic (exact) mass is 419 g/mol. The summed E-state index contributed by atoms with van der Waals surface area (Å²) in [5.74, 6) is -0.341. The number of nitrogens with zero attached hydrogens (tertiary/aromatic N) is 1. The van der Waals surface area contributed by atoms with Gasteiger partial charge in [-0.05, 0) is 42.8 Å². The van der Waals surface area contributed by atoms with Crippen LogP contribution in [0.5, 0.6) is 5.75 Å². The highest BCUT2D eigenvalue weighted by atomic mass is 16.6. The Morgan fingerprint density at radius 1 is 1.00 bits per heavy atom. The van der Waals surface area contributed by atoms with E-state index in [1.54, 1.807) is 24.3 Å². The second kappa shape index (κ2) is 10.0. The van der Waals surface area contributed by atoms with E-state index in [-0.39, 0.29) is 24.2 Å². The molecule has 8 nitrogen and oxygen atoms in total. The molecule has 1 unspecified atom stereocenters. The predicted molar refractivity (Wildman–Crippen MR) is 116 cm³/mol. The Balaban J connectivity index is 1.55. The lowest BCUT2D eigenvalue weighted by atomic mass is 10.1. The van der Waals surface area contributed by atoms with Crippen LogP contribution in [0.4, 0.5) is 11.4 Å². The summed E-state index contributed by atoms with van der Waals surface area (Å²) in [4.78, 5) is 34.9. The van der Waals surface area contributed by atoms with Crippen LogP contribution in [-0.4, -0.2) is 23.3 Å². The molecule has 0 aromatic heterocycles. The molecular weight excluding hydrogens is 398 g/mol. The zero-order valence-corrected chi connectivity index (χ0v) is 16.8. The maximum Gasteiger partial charge on any atom is 0.269 e. The lowest BCUT2D eigenvalue weighted by Gasteiger charge is -2.15. The van der Waals surface area contributed by atoms with E-state index < -0.39 is 10.8 Å². The summed E-state index contributed by atoms with van der Waals surface area (Å²) in [6.45, 7) is 1.62. The molecule has 0 saturated carbocycles. The molecule has 3 aromatic carbocycles. The molecule has 2 N–H and O–H groups in total. The number of carbonyl (C=O) groups excluding carboxylic acids is 2. The first-order valence-corrected chi connectivity index (χ1v) is 9.55. The van der Waals surface area contributed by atoms with Crippen LogP contribution < -0.4 is 15.4 Å². The Morgan fingerprint density at radius 2 is 1.71 bits per heavy atom. The third-order valence-electron chi connectivity index (χ3n) is 4.47. The van der Waals surface area contributed by atoms with Crippen molar-refractivity contribution >= 4 is 23.2 Å². The van der Waals surface area contributed by atoms with Crippen LogP contribution in [0.3, 0.4) is 0 Å². The molecule has 0 aliphatic heterocycles. The molecular formula is C23H21N3O5. The number of hydrogen-bond donors (Lipinski definition) is 2. The molecule has 0 spiro atoms. The first-order valence-electron chi connectivity index (χ1n) is 9.55. The van der Waals surface area contributed by atoms with E-state index in [4.69, 9.17) is 4.74 Å². The van der Waals surface area contributed by atoms with Gasteiger partial charge in [0.2, 0.25) is 0 Å². The lowest BCUT2D eigenvalue weighted by Crippen LogP contribution is -2.27. The average Bonchev–Trinajstić information content (AvgIpc) is 2.78. The minimum Gasteiger partial charge on any atom is -0.484 e. The van der Waals surface area contributed by atoms with E-state index in [9.17, 15) is 19.7 Å². The second-order valence-corrected chi connectivity index (χ2v) is 6.77. The summed E-state index contributed by atoms with van der Waals surface area (Å²) in [5, 5.41) is 16.3. The fraction of sp³-hybridized carbons (Fsp3) is 0.130. The number of anilines is 1. The summed E-state index contributed by atoms with van der Waals surface area (Å²) in [6.07, 6.45) is 0. The van der Waals surface area contributed by atoms with Crippen LogP contribution in [0.1, 0.15) is 28.9 Å². The van der Waals surface area contributed by atoms with Crippen LogP contribution in [-0.2, 0) is 4.79 Å². The molecule has 0 bridgehead atoms. The molecule has 0 radical (unpaired) electrons. The number of carbonyl (C=O) groups is 2. The van der Waals surface area contributed by atoms with Gasteiger partial charge in [0.1, 0.15) is 5.75 Å². The van der Waals surface area contributed by atoms with Gasteiger partial charge in [-0.25, -0.2) is 0 Å². The molecule has 158 valence electrons. The molecule has 0 saturated heterocycles. The van der Waals surface area contributed by atoms with E-state index in [1.165, 1.54) is 24.3 Å². The van der Waals surface area contributed by atoms with Gasteiger partial charge in [-0.15, -0.1) is 0 Å². The Morgan fingerprint density at radius 3 is 2.39 bits per heavy atom. The van der Waals surface area contributed by atoms with Gasteiger partial charge in [0.25, 0.3) is 17.5 Å². The normalized spacial score (nSPS) is 11.3. The van der Waals surface area contributed by atoms with Gasteiger partial charge >= 0.3 is 0 Å². The molecule has 0 fully saturated rings. The molecule has 31 heavy (non-hydrogen) atoms. The summed E-state index contributed by atoms with van der Waals surface area (Å²) < 4.78 is 5.34. The predicted octanol–water partition coefficient (Wildman–Crippen LogP) is 4.10. The zero-order chi connectivity index (χ0) is 22.2. The first kappa shape index (κ1) is 21.5. The molecule has 3 rings (SSSR count). The van der Waals surface area contributed by atoms with Gasteiger partial charge in [-0.2, -0.15) is 0 Å². The van der Waals surface area contributed by atoms with Gasteiger partial charge in [0.05, 0.1) is 11.0 Å². The van der Waals surface area contributed by atoms with E-state index >= 15 is 0 Å². The minimum absolute atomic E-state index is 0.0616. The number of hydrogen-bond acceptors (Lipinski definition) is 5.